The molecule has 0 spiro atoms. The van der Waals surface area contributed by atoms with E-state index in [1.807, 2.05) is 0 Å². The van der Waals surface area contributed by atoms with Crippen LogP contribution in [0.25, 0.3) is 0 Å². The Labute approximate surface area is 236 Å². The first kappa shape index (κ1) is 29.6. The summed E-state index contributed by atoms with van der Waals surface area (Å²) in [4.78, 5) is 23.4. The first-order valence-electron chi connectivity index (χ1n) is 12.6. The normalized spacial score (nSPS) is 14.0. The Bertz CT molecular complexity index is 1570. The summed E-state index contributed by atoms with van der Waals surface area (Å²) in [7, 11) is -3.82. The van der Waals surface area contributed by atoms with Crippen molar-refractivity contribution in [1.82, 2.24) is 19.6 Å². The van der Waals surface area contributed by atoms with Gasteiger partial charge in [0.25, 0.3) is 10.0 Å². The number of nitrogens with zero attached hydrogens (tertiary/aromatic N) is 4. The van der Waals surface area contributed by atoms with Gasteiger partial charge in [-0.25, -0.2) is 13.4 Å². The van der Waals surface area contributed by atoms with Crippen molar-refractivity contribution in [3.8, 4) is 0 Å². The number of piperazine rings is 1. The molecule has 218 valence electrons. The predicted octanol–water partition coefficient (Wildman–Crippen LogP) is 4.77. The highest BCUT2D eigenvalue weighted by Crippen LogP contribution is 2.39. The number of aryl methyl sites for hydroxylation is 1. The Morgan fingerprint density at radius 2 is 1.68 bits per heavy atom. The second-order valence-electron chi connectivity index (χ2n) is 9.61. The van der Waals surface area contributed by atoms with Gasteiger partial charge in [0, 0.05) is 67.6 Å². The molecule has 0 radical (unpaired) electrons. The number of halogens is 3. The van der Waals surface area contributed by atoms with Crippen LogP contribution in [0.1, 0.15) is 25.0 Å². The Morgan fingerprint density at radius 3 is 2.32 bits per heavy atom. The van der Waals surface area contributed by atoms with Crippen molar-refractivity contribution in [3.05, 3.63) is 72.1 Å². The quantitative estimate of drug-likeness (QED) is 0.344. The summed E-state index contributed by atoms with van der Waals surface area (Å²) in [5.74, 6) is 0.271. The number of sulfonamides is 1. The molecular weight excluding hydrogens is 559 g/mol. The fourth-order valence-corrected chi connectivity index (χ4v) is 5.42. The highest BCUT2D eigenvalue weighted by Gasteiger charge is 2.36. The molecule has 0 aliphatic carbocycles. The zero-order valence-electron chi connectivity index (χ0n) is 22.7. The highest BCUT2D eigenvalue weighted by atomic mass is 32.2. The summed E-state index contributed by atoms with van der Waals surface area (Å²) < 4.78 is 69.5. The molecule has 0 atom stereocenters. The molecule has 10 nitrogen and oxygen atoms in total. The smallest absolute Gasteiger partial charge is 0.367 e. The lowest BCUT2D eigenvalue weighted by Gasteiger charge is -2.36. The summed E-state index contributed by atoms with van der Waals surface area (Å²) in [6.07, 6.45) is -3.12. The molecule has 1 saturated heterocycles. The number of carbonyl (C=O) groups is 1. The molecule has 2 heterocycles. The molecule has 0 unspecified atom stereocenters. The molecule has 1 fully saturated rings. The highest BCUT2D eigenvalue weighted by molar-refractivity contribution is 7.89. The zero-order chi connectivity index (χ0) is 29.9. The number of aromatic nitrogens is 2. The van der Waals surface area contributed by atoms with Crippen LogP contribution >= 0.6 is 0 Å². The van der Waals surface area contributed by atoms with E-state index in [2.05, 4.69) is 31.9 Å². The lowest BCUT2D eigenvalue weighted by atomic mass is 10.1. The number of rotatable bonds is 8. The van der Waals surface area contributed by atoms with E-state index in [-0.39, 0.29) is 46.9 Å². The van der Waals surface area contributed by atoms with Gasteiger partial charge in [0.05, 0.1) is 10.5 Å². The molecule has 4 rings (SSSR count). The molecule has 3 aromatic rings. The van der Waals surface area contributed by atoms with E-state index >= 15 is 0 Å². The summed E-state index contributed by atoms with van der Waals surface area (Å²) in [6, 6.07) is 9.98. The zero-order valence-corrected chi connectivity index (χ0v) is 23.5. The van der Waals surface area contributed by atoms with E-state index in [1.165, 1.54) is 44.3 Å². The topological polar surface area (TPSA) is 120 Å². The number of amides is 1. The number of carbonyl (C=O) groups excluding carboxylic acids is 1. The first-order chi connectivity index (χ1) is 19.2. The average molecular weight is 590 g/mol. The van der Waals surface area contributed by atoms with Gasteiger partial charge in [-0.3, -0.25) is 9.52 Å². The van der Waals surface area contributed by atoms with Crippen molar-refractivity contribution in [3.63, 3.8) is 0 Å². The standard InChI is InChI=1S/C27H30F3N7O3S/c1-17(2)35-41(39,40)22-7-5-6-20(14-22)32-25-18(3)16-31-26(34-25)33-21-8-9-24(23(15-21)27(28,29)30)37-12-10-36(11-13-37)19(4)38/h5-9,14-16,35H,1,10-13H2,2-4H3,(H2,31,32,33,34). The number of nitrogens with one attached hydrogen (secondary N) is 3. The third-order valence-corrected chi connectivity index (χ3v) is 7.80. The van der Waals surface area contributed by atoms with Gasteiger partial charge in [0.2, 0.25) is 11.9 Å². The Balaban J connectivity index is 1.56. The largest absolute Gasteiger partial charge is 0.418 e. The lowest BCUT2D eigenvalue weighted by molar-refractivity contribution is -0.137. The molecule has 1 aliphatic heterocycles. The minimum atomic E-state index is -4.62. The van der Waals surface area contributed by atoms with Crippen LogP contribution in [0.15, 0.2) is 65.8 Å². The fraction of sp³-hybridized carbons (Fsp3) is 0.296. The van der Waals surface area contributed by atoms with Crippen LogP contribution in [0.2, 0.25) is 0 Å². The Hall–Kier alpha value is -4.33. The minimum Gasteiger partial charge on any atom is -0.367 e. The second kappa shape index (κ2) is 11.6. The number of allylic oxidation sites excluding steroid dienone is 1. The molecule has 2 aromatic carbocycles. The molecule has 0 bridgehead atoms. The van der Waals surface area contributed by atoms with Crippen LogP contribution in [0.4, 0.5) is 42.0 Å². The number of hydrogen-bond donors (Lipinski definition) is 3. The SMILES string of the molecule is C=C(C)NS(=O)(=O)c1cccc(Nc2nc(Nc3ccc(N4CCN(C(C)=O)CC4)c(C(F)(F)F)c3)ncc2C)c1. The van der Waals surface area contributed by atoms with E-state index in [4.69, 9.17) is 0 Å². The van der Waals surface area contributed by atoms with Gasteiger partial charge < -0.3 is 20.4 Å². The van der Waals surface area contributed by atoms with Crippen molar-refractivity contribution >= 4 is 44.8 Å². The third-order valence-electron chi connectivity index (χ3n) is 6.31. The van der Waals surface area contributed by atoms with Gasteiger partial charge in [0.15, 0.2) is 0 Å². The van der Waals surface area contributed by atoms with Gasteiger partial charge in [-0.2, -0.15) is 18.2 Å². The maximum atomic E-state index is 14.1. The van der Waals surface area contributed by atoms with Crippen LogP contribution in [-0.2, 0) is 21.0 Å². The van der Waals surface area contributed by atoms with Crippen LogP contribution in [0.5, 0.6) is 0 Å². The molecule has 41 heavy (non-hydrogen) atoms. The van der Waals surface area contributed by atoms with Crippen LogP contribution in [-0.4, -0.2) is 55.4 Å². The van der Waals surface area contributed by atoms with Crippen molar-refractivity contribution < 1.29 is 26.4 Å². The molecule has 0 saturated carbocycles. The third kappa shape index (κ3) is 7.25. The fourth-order valence-electron chi connectivity index (χ4n) is 4.30. The van der Waals surface area contributed by atoms with E-state index < -0.39 is 21.8 Å². The summed E-state index contributed by atoms with van der Waals surface area (Å²) in [6.45, 7) is 9.53. The van der Waals surface area contributed by atoms with Crippen molar-refractivity contribution in [2.45, 2.75) is 31.8 Å². The molecule has 1 aliphatic rings. The van der Waals surface area contributed by atoms with Crippen molar-refractivity contribution in [1.29, 1.82) is 0 Å². The second-order valence-corrected chi connectivity index (χ2v) is 11.3. The Morgan fingerprint density at radius 1 is 1.00 bits per heavy atom. The molecule has 1 amide bonds. The van der Waals surface area contributed by atoms with Crippen LogP contribution in [0, 0.1) is 6.92 Å². The molecule has 14 heteroatoms. The number of anilines is 5. The van der Waals surface area contributed by atoms with Crippen molar-refractivity contribution in [2.24, 2.45) is 0 Å². The lowest BCUT2D eigenvalue weighted by Crippen LogP contribution is -2.48. The van der Waals surface area contributed by atoms with Crippen LogP contribution < -0.4 is 20.3 Å². The minimum absolute atomic E-state index is 0.0121. The van der Waals surface area contributed by atoms with E-state index in [0.29, 0.717) is 30.2 Å². The van der Waals surface area contributed by atoms with E-state index in [9.17, 15) is 26.4 Å². The Kier molecular flexibility index (Phi) is 8.42. The van der Waals surface area contributed by atoms with Gasteiger partial charge in [-0.15, -0.1) is 0 Å². The van der Waals surface area contributed by atoms with Crippen molar-refractivity contribution in [2.75, 3.05) is 41.7 Å². The van der Waals surface area contributed by atoms with E-state index in [0.717, 1.165) is 6.07 Å². The summed E-state index contributed by atoms with van der Waals surface area (Å²) in [5, 5.41) is 5.87. The molecular formula is C27H30F3N7O3S. The summed E-state index contributed by atoms with van der Waals surface area (Å²) >= 11 is 0. The van der Waals surface area contributed by atoms with Gasteiger partial charge in [-0.05, 0) is 50.2 Å². The summed E-state index contributed by atoms with van der Waals surface area (Å²) in [5.41, 5.74) is 0.677. The predicted molar refractivity (Wildman–Crippen MR) is 151 cm³/mol. The molecule has 3 N–H and O–H groups in total. The van der Waals surface area contributed by atoms with Gasteiger partial charge >= 0.3 is 6.18 Å². The van der Waals surface area contributed by atoms with E-state index in [1.54, 1.807) is 28.9 Å². The maximum Gasteiger partial charge on any atom is 0.418 e. The number of hydrogen-bond acceptors (Lipinski definition) is 8. The maximum absolute atomic E-state index is 14.1. The van der Waals surface area contributed by atoms with Gasteiger partial charge in [0.1, 0.15) is 5.82 Å². The number of alkyl halides is 3. The number of benzene rings is 2. The monoisotopic (exact) mass is 589 g/mol. The average Bonchev–Trinajstić information content (AvgIpc) is 2.89. The van der Waals surface area contributed by atoms with Crippen LogP contribution in [0.3, 0.4) is 0 Å². The first-order valence-corrected chi connectivity index (χ1v) is 14.1. The molecule has 1 aromatic heterocycles. The van der Waals surface area contributed by atoms with Gasteiger partial charge in [-0.1, -0.05) is 12.6 Å².